The van der Waals surface area contributed by atoms with Gasteiger partial charge in [-0.1, -0.05) is 6.92 Å². The van der Waals surface area contributed by atoms with Gasteiger partial charge in [-0.05, 0) is 44.0 Å². The second kappa shape index (κ2) is 5.12. The zero-order valence-corrected chi connectivity index (χ0v) is 9.29. The van der Waals surface area contributed by atoms with Gasteiger partial charge in [-0.2, -0.15) is 0 Å². The van der Waals surface area contributed by atoms with Crippen LogP contribution in [0.15, 0.2) is 18.5 Å². The normalized spacial score (nSPS) is 17.7. The molecule has 1 aliphatic heterocycles. The van der Waals surface area contributed by atoms with Crippen molar-refractivity contribution in [3.8, 4) is 0 Å². The Morgan fingerprint density at radius 3 is 3.00 bits per heavy atom. The lowest BCUT2D eigenvalue weighted by molar-refractivity contribution is 0.479. The Morgan fingerprint density at radius 1 is 1.47 bits per heavy atom. The summed E-state index contributed by atoms with van der Waals surface area (Å²) in [5.74, 6) is 0. The van der Waals surface area contributed by atoms with Crippen molar-refractivity contribution in [3.05, 3.63) is 24.0 Å². The Kier molecular flexibility index (Phi) is 3.56. The Labute approximate surface area is 91.3 Å². The van der Waals surface area contributed by atoms with Crippen molar-refractivity contribution in [2.45, 2.75) is 32.2 Å². The summed E-state index contributed by atoms with van der Waals surface area (Å²) in [6.45, 7) is 4.43. The van der Waals surface area contributed by atoms with Crippen molar-refractivity contribution in [1.82, 2.24) is 10.3 Å². The quantitative estimate of drug-likeness (QED) is 0.790. The standard InChI is InChI=1S/C12H19N3/c1-2-10-3-6-14-9-12(10)15-11-4-7-13-8-5-11/h3,6,9,11,13,15H,2,4-5,7-8H2,1H3. The van der Waals surface area contributed by atoms with Crippen molar-refractivity contribution in [1.29, 1.82) is 0 Å². The van der Waals surface area contributed by atoms with Gasteiger partial charge in [-0.15, -0.1) is 0 Å². The number of aromatic nitrogens is 1. The minimum Gasteiger partial charge on any atom is -0.381 e. The average molecular weight is 205 g/mol. The lowest BCUT2D eigenvalue weighted by Crippen LogP contribution is -2.35. The SMILES string of the molecule is CCc1ccncc1NC1CCNCC1. The second-order valence-electron chi connectivity index (χ2n) is 4.05. The maximum absolute atomic E-state index is 4.18. The molecule has 1 aliphatic rings. The van der Waals surface area contributed by atoms with E-state index < -0.39 is 0 Å². The van der Waals surface area contributed by atoms with Gasteiger partial charge in [0.25, 0.3) is 0 Å². The molecule has 0 saturated carbocycles. The molecule has 0 aromatic carbocycles. The highest BCUT2D eigenvalue weighted by Crippen LogP contribution is 2.17. The fraction of sp³-hybridized carbons (Fsp3) is 0.583. The molecule has 1 fully saturated rings. The van der Waals surface area contributed by atoms with Gasteiger partial charge < -0.3 is 10.6 Å². The Balaban J connectivity index is 2.02. The summed E-state index contributed by atoms with van der Waals surface area (Å²) in [6.07, 6.45) is 7.29. The van der Waals surface area contributed by atoms with Crippen LogP contribution >= 0.6 is 0 Å². The van der Waals surface area contributed by atoms with E-state index in [1.54, 1.807) is 0 Å². The summed E-state index contributed by atoms with van der Waals surface area (Å²) in [6, 6.07) is 2.71. The molecule has 3 nitrogen and oxygen atoms in total. The van der Waals surface area contributed by atoms with Gasteiger partial charge in [-0.25, -0.2) is 0 Å². The van der Waals surface area contributed by atoms with Gasteiger partial charge >= 0.3 is 0 Å². The van der Waals surface area contributed by atoms with Crippen molar-refractivity contribution >= 4 is 5.69 Å². The van der Waals surface area contributed by atoms with Crippen LogP contribution < -0.4 is 10.6 Å². The molecule has 0 unspecified atom stereocenters. The van der Waals surface area contributed by atoms with Gasteiger partial charge in [0.05, 0.1) is 11.9 Å². The van der Waals surface area contributed by atoms with E-state index in [4.69, 9.17) is 0 Å². The van der Waals surface area contributed by atoms with Crippen LogP contribution in [-0.2, 0) is 6.42 Å². The fourth-order valence-corrected chi connectivity index (χ4v) is 2.05. The van der Waals surface area contributed by atoms with Gasteiger partial charge in [0.15, 0.2) is 0 Å². The number of nitrogens with one attached hydrogen (secondary N) is 2. The Morgan fingerprint density at radius 2 is 2.27 bits per heavy atom. The molecular weight excluding hydrogens is 186 g/mol. The fourth-order valence-electron chi connectivity index (χ4n) is 2.05. The maximum atomic E-state index is 4.18. The highest BCUT2D eigenvalue weighted by Gasteiger charge is 2.13. The van der Waals surface area contributed by atoms with Gasteiger partial charge in [0.2, 0.25) is 0 Å². The average Bonchev–Trinajstić information content (AvgIpc) is 2.31. The predicted molar refractivity (Wildman–Crippen MR) is 63.1 cm³/mol. The minimum atomic E-state index is 0.612. The second-order valence-corrected chi connectivity index (χ2v) is 4.05. The molecule has 2 heterocycles. The smallest absolute Gasteiger partial charge is 0.0561 e. The van der Waals surface area contributed by atoms with Crippen LogP contribution in [0, 0.1) is 0 Å². The molecule has 15 heavy (non-hydrogen) atoms. The van der Waals surface area contributed by atoms with Crippen LogP contribution in [0.2, 0.25) is 0 Å². The number of anilines is 1. The highest BCUT2D eigenvalue weighted by atomic mass is 15.0. The number of piperidine rings is 1. The summed E-state index contributed by atoms with van der Waals surface area (Å²) < 4.78 is 0. The first kappa shape index (κ1) is 10.4. The summed E-state index contributed by atoms with van der Waals surface area (Å²) in [4.78, 5) is 4.18. The van der Waals surface area contributed by atoms with E-state index >= 15 is 0 Å². The summed E-state index contributed by atoms with van der Waals surface area (Å²) in [5, 5.41) is 6.97. The molecule has 0 atom stereocenters. The minimum absolute atomic E-state index is 0.612. The van der Waals surface area contributed by atoms with E-state index in [0.717, 1.165) is 19.5 Å². The summed E-state index contributed by atoms with van der Waals surface area (Å²) in [7, 11) is 0. The van der Waals surface area contributed by atoms with Gasteiger partial charge in [0, 0.05) is 12.2 Å². The molecular formula is C12H19N3. The first-order valence-electron chi connectivity index (χ1n) is 5.80. The number of hydrogen-bond donors (Lipinski definition) is 2. The zero-order valence-electron chi connectivity index (χ0n) is 9.29. The molecule has 0 aliphatic carbocycles. The number of aryl methyl sites for hydroxylation is 1. The third-order valence-electron chi connectivity index (χ3n) is 2.99. The molecule has 0 amide bonds. The molecule has 1 aromatic rings. The van der Waals surface area contributed by atoms with Crippen LogP contribution in [0.25, 0.3) is 0 Å². The maximum Gasteiger partial charge on any atom is 0.0561 e. The monoisotopic (exact) mass is 205 g/mol. The van der Waals surface area contributed by atoms with Crippen LogP contribution in [0.4, 0.5) is 5.69 Å². The van der Waals surface area contributed by atoms with Crippen molar-refractivity contribution in [3.63, 3.8) is 0 Å². The molecule has 3 heteroatoms. The Bertz CT molecular complexity index is 305. The van der Waals surface area contributed by atoms with E-state index in [9.17, 15) is 0 Å². The molecule has 2 N–H and O–H groups in total. The van der Waals surface area contributed by atoms with Crippen molar-refractivity contribution < 1.29 is 0 Å². The first-order chi connectivity index (χ1) is 7.40. The Hall–Kier alpha value is -1.09. The van der Waals surface area contributed by atoms with E-state index in [2.05, 4.69) is 28.6 Å². The van der Waals surface area contributed by atoms with Crippen LogP contribution in [0.3, 0.4) is 0 Å². The van der Waals surface area contributed by atoms with Crippen molar-refractivity contribution in [2.75, 3.05) is 18.4 Å². The third kappa shape index (κ3) is 2.69. The topological polar surface area (TPSA) is 37.0 Å². The van der Waals surface area contributed by atoms with Crippen LogP contribution in [0.5, 0.6) is 0 Å². The van der Waals surface area contributed by atoms with Gasteiger partial charge in [-0.3, -0.25) is 4.98 Å². The first-order valence-corrected chi connectivity index (χ1v) is 5.80. The zero-order chi connectivity index (χ0) is 10.5. The molecule has 0 bridgehead atoms. The lowest BCUT2D eigenvalue weighted by atomic mass is 10.1. The van der Waals surface area contributed by atoms with Gasteiger partial charge in [0.1, 0.15) is 0 Å². The number of nitrogens with zero attached hydrogens (tertiary/aromatic N) is 1. The predicted octanol–water partition coefficient (Wildman–Crippen LogP) is 1.81. The number of hydrogen-bond acceptors (Lipinski definition) is 3. The van der Waals surface area contributed by atoms with E-state index in [-0.39, 0.29) is 0 Å². The molecule has 2 rings (SSSR count). The van der Waals surface area contributed by atoms with E-state index in [1.807, 2.05) is 12.4 Å². The molecule has 0 spiro atoms. The van der Waals surface area contributed by atoms with Crippen molar-refractivity contribution in [2.24, 2.45) is 0 Å². The highest BCUT2D eigenvalue weighted by molar-refractivity contribution is 5.49. The summed E-state index contributed by atoms with van der Waals surface area (Å²) >= 11 is 0. The summed E-state index contributed by atoms with van der Waals surface area (Å²) in [5.41, 5.74) is 2.58. The molecule has 0 radical (unpaired) electrons. The van der Waals surface area contributed by atoms with E-state index in [1.165, 1.54) is 24.1 Å². The molecule has 1 saturated heterocycles. The molecule has 1 aromatic heterocycles. The lowest BCUT2D eigenvalue weighted by Gasteiger charge is -2.25. The van der Waals surface area contributed by atoms with E-state index in [0.29, 0.717) is 6.04 Å². The largest absolute Gasteiger partial charge is 0.381 e. The third-order valence-corrected chi connectivity index (χ3v) is 2.99. The van der Waals surface area contributed by atoms with Crippen LogP contribution in [0.1, 0.15) is 25.3 Å². The number of pyridine rings is 1. The number of rotatable bonds is 3. The van der Waals surface area contributed by atoms with Crippen LogP contribution in [-0.4, -0.2) is 24.1 Å². The molecule has 82 valence electrons.